The van der Waals surface area contributed by atoms with Crippen LogP contribution in [0.3, 0.4) is 0 Å². The molecule has 0 aromatic rings. The number of hydrogen-bond donors (Lipinski definition) is 5. The van der Waals surface area contributed by atoms with Gasteiger partial charge in [0.15, 0.2) is 0 Å². The van der Waals surface area contributed by atoms with Crippen LogP contribution < -0.4 is 0 Å². The van der Waals surface area contributed by atoms with Gasteiger partial charge < -0.3 is 25.5 Å². The second-order valence-corrected chi connectivity index (χ2v) is 15.2. The highest BCUT2D eigenvalue weighted by Gasteiger charge is 2.83. The SMILES string of the molecule is CC(CCC(O)C(C)(C)O)C1C(O)CC2(C)C3CCC4C(C)(CO)C(O)CCC45CC35CCC12C. The Morgan fingerprint density at radius 2 is 1.51 bits per heavy atom. The summed E-state index contributed by atoms with van der Waals surface area (Å²) >= 11 is 0. The number of hydrogen-bond acceptors (Lipinski definition) is 5. The maximum atomic E-state index is 11.5. The van der Waals surface area contributed by atoms with Crippen molar-refractivity contribution in [2.24, 2.45) is 50.7 Å². The number of aliphatic hydroxyl groups excluding tert-OH is 4. The molecule has 35 heavy (non-hydrogen) atoms. The van der Waals surface area contributed by atoms with Crippen LogP contribution in [0.15, 0.2) is 0 Å². The van der Waals surface area contributed by atoms with Gasteiger partial charge in [-0.2, -0.15) is 0 Å². The first-order valence-electron chi connectivity index (χ1n) is 14.5. The third kappa shape index (κ3) is 3.23. The zero-order chi connectivity index (χ0) is 25.8. The monoisotopic (exact) mass is 492 g/mol. The topological polar surface area (TPSA) is 101 Å². The van der Waals surface area contributed by atoms with E-state index >= 15 is 0 Å². The van der Waals surface area contributed by atoms with Crippen LogP contribution >= 0.6 is 0 Å². The van der Waals surface area contributed by atoms with E-state index in [0.29, 0.717) is 23.7 Å². The molecule has 0 radical (unpaired) electrons. The van der Waals surface area contributed by atoms with Gasteiger partial charge >= 0.3 is 0 Å². The van der Waals surface area contributed by atoms with Gasteiger partial charge in [0, 0.05) is 5.41 Å². The Labute approximate surface area is 212 Å². The van der Waals surface area contributed by atoms with Crippen LogP contribution in [0.5, 0.6) is 0 Å². The third-order valence-corrected chi connectivity index (χ3v) is 13.6. The lowest BCUT2D eigenvalue weighted by Crippen LogP contribution is -2.59. The first-order chi connectivity index (χ1) is 16.1. The van der Waals surface area contributed by atoms with Crippen molar-refractivity contribution in [2.75, 3.05) is 6.61 Å². The molecule has 12 unspecified atom stereocenters. The molecule has 5 rings (SSSR count). The fraction of sp³-hybridized carbons (Fsp3) is 1.00. The summed E-state index contributed by atoms with van der Waals surface area (Å²) in [7, 11) is 0. The van der Waals surface area contributed by atoms with E-state index in [1.54, 1.807) is 13.8 Å². The molecule has 2 spiro atoms. The summed E-state index contributed by atoms with van der Waals surface area (Å²) in [6.07, 6.45) is 8.47. The van der Waals surface area contributed by atoms with Crippen LogP contribution in [-0.4, -0.2) is 56.1 Å². The van der Waals surface area contributed by atoms with Crippen LogP contribution in [0.25, 0.3) is 0 Å². The lowest BCUT2D eigenvalue weighted by atomic mass is 9.41. The van der Waals surface area contributed by atoms with Crippen LogP contribution in [0, 0.1) is 50.7 Å². The van der Waals surface area contributed by atoms with Crippen molar-refractivity contribution >= 4 is 0 Å². The molecule has 12 atom stereocenters. The maximum absolute atomic E-state index is 11.5. The second-order valence-electron chi connectivity index (χ2n) is 15.2. The summed E-state index contributed by atoms with van der Waals surface area (Å²) in [6, 6.07) is 0. The number of rotatable bonds is 6. The van der Waals surface area contributed by atoms with Crippen molar-refractivity contribution in [3.8, 4) is 0 Å². The third-order valence-electron chi connectivity index (χ3n) is 13.6. The van der Waals surface area contributed by atoms with Gasteiger partial charge in [0.25, 0.3) is 0 Å². The Bertz CT molecular complexity index is 839. The van der Waals surface area contributed by atoms with Gasteiger partial charge in [0.2, 0.25) is 0 Å². The van der Waals surface area contributed by atoms with Crippen molar-refractivity contribution < 1.29 is 25.5 Å². The van der Waals surface area contributed by atoms with Gasteiger partial charge in [0.05, 0.1) is 30.5 Å². The van der Waals surface area contributed by atoms with E-state index < -0.39 is 17.8 Å². The lowest BCUT2D eigenvalue weighted by Gasteiger charge is -2.63. The molecule has 5 N–H and O–H groups in total. The van der Waals surface area contributed by atoms with Crippen molar-refractivity contribution in [2.45, 2.75) is 130 Å². The summed E-state index contributed by atoms with van der Waals surface area (Å²) < 4.78 is 0. The average molecular weight is 493 g/mol. The highest BCUT2D eigenvalue weighted by molar-refractivity contribution is 5.31. The molecule has 5 fully saturated rings. The Morgan fingerprint density at radius 3 is 2.14 bits per heavy atom. The van der Waals surface area contributed by atoms with Gasteiger partial charge in [-0.25, -0.2) is 0 Å². The van der Waals surface area contributed by atoms with E-state index in [-0.39, 0.29) is 46.2 Å². The molecule has 0 aromatic heterocycles. The minimum absolute atomic E-state index is 0.0620. The van der Waals surface area contributed by atoms with Crippen LogP contribution in [-0.2, 0) is 0 Å². The molecule has 0 saturated heterocycles. The second kappa shape index (κ2) is 7.91. The fourth-order valence-electron chi connectivity index (χ4n) is 11.5. The Balaban J connectivity index is 1.41. The average Bonchev–Trinajstić information content (AvgIpc) is 3.39. The Kier molecular flexibility index (Phi) is 5.97. The molecule has 0 bridgehead atoms. The summed E-state index contributed by atoms with van der Waals surface area (Å²) in [4.78, 5) is 0. The molecule has 5 aliphatic carbocycles. The fourth-order valence-corrected chi connectivity index (χ4v) is 11.5. The van der Waals surface area contributed by atoms with Crippen molar-refractivity contribution in [1.82, 2.24) is 0 Å². The summed E-state index contributed by atoms with van der Waals surface area (Å²) in [5.41, 5.74) is -0.760. The van der Waals surface area contributed by atoms with Gasteiger partial charge in [-0.3, -0.25) is 0 Å². The summed E-state index contributed by atoms with van der Waals surface area (Å²) in [6.45, 7) is 12.7. The minimum Gasteiger partial charge on any atom is -0.396 e. The van der Waals surface area contributed by atoms with Crippen LogP contribution in [0.1, 0.15) is 106 Å². The molecule has 5 heteroatoms. The molecule has 5 aliphatic rings. The first kappa shape index (κ1) is 26.4. The smallest absolute Gasteiger partial charge is 0.0849 e. The lowest BCUT2D eigenvalue weighted by molar-refractivity contribution is -0.175. The largest absolute Gasteiger partial charge is 0.396 e. The van der Waals surface area contributed by atoms with Gasteiger partial charge in [-0.1, -0.05) is 27.7 Å². The molecule has 0 aliphatic heterocycles. The normalized spacial score (nSPS) is 54.8. The van der Waals surface area contributed by atoms with E-state index in [1.165, 1.54) is 12.8 Å². The molecule has 0 amide bonds. The van der Waals surface area contributed by atoms with E-state index in [4.69, 9.17) is 0 Å². The van der Waals surface area contributed by atoms with E-state index in [2.05, 4.69) is 27.7 Å². The van der Waals surface area contributed by atoms with E-state index in [1.807, 2.05) is 0 Å². The zero-order valence-corrected chi connectivity index (χ0v) is 23.1. The predicted molar refractivity (Wildman–Crippen MR) is 136 cm³/mol. The van der Waals surface area contributed by atoms with Crippen molar-refractivity contribution in [3.63, 3.8) is 0 Å². The Morgan fingerprint density at radius 1 is 0.886 bits per heavy atom. The predicted octanol–water partition coefficient (Wildman–Crippen LogP) is 4.28. The highest BCUT2D eigenvalue weighted by Crippen LogP contribution is 2.89. The van der Waals surface area contributed by atoms with Crippen molar-refractivity contribution in [1.29, 1.82) is 0 Å². The minimum atomic E-state index is -1.10. The zero-order valence-electron chi connectivity index (χ0n) is 23.1. The molecule has 0 aromatic carbocycles. The quantitative estimate of drug-likeness (QED) is 0.381. The van der Waals surface area contributed by atoms with E-state index in [9.17, 15) is 25.5 Å². The summed E-state index contributed by atoms with van der Waals surface area (Å²) in [5, 5.41) is 53.4. The standard InChI is InChI=1S/C30H52O5/c1-18(7-10-22(33)25(2,3)35)24-19(32)15-28(6)21-9-8-20-26(4,17-31)23(34)11-12-29(20)16-30(21,29)14-13-27(24,28)5/h18-24,31-35H,7-17H2,1-6H3. The van der Waals surface area contributed by atoms with Crippen LogP contribution in [0.4, 0.5) is 0 Å². The van der Waals surface area contributed by atoms with E-state index in [0.717, 1.165) is 44.9 Å². The molecule has 5 saturated carbocycles. The number of aliphatic hydroxyl groups is 5. The van der Waals surface area contributed by atoms with Gasteiger partial charge in [0.1, 0.15) is 0 Å². The maximum Gasteiger partial charge on any atom is 0.0849 e. The van der Waals surface area contributed by atoms with Gasteiger partial charge in [-0.15, -0.1) is 0 Å². The Hall–Kier alpha value is -0.200. The molecule has 5 nitrogen and oxygen atoms in total. The highest BCUT2D eigenvalue weighted by atomic mass is 16.3. The molecular formula is C30H52O5. The molecular weight excluding hydrogens is 440 g/mol. The number of fused-ring (bicyclic) bond motifs is 2. The summed E-state index contributed by atoms with van der Waals surface area (Å²) in [5.74, 6) is 1.49. The van der Waals surface area contributed by atoms with Gasteiger partial charge in [-0.05, 0) is 123 Å². The van der Waals surface area contributed by atoms with Crippen LogP contribution in [0.2, 0.25) is 0 Å². The first-order valence-corrected chi connectivity index (χ1v) is 14.5. The molecule has 0 heterocycles. The molecule has 202 valence electrons. The van der Waals surface area contributed by atoms with Crippen molar-refractivity contribution in [3.05, 3.63) is 0 Å².